The standard InChI is InChI=1S/C45H30N2S/c1-3-11-31(12-4-1)32-19-24-37(25-20-32)47(41-18-10-9-16-39(41)34-13-5-2-6-14-34)38-26-21-33(22-27-38)36-29-43-45(46-30-36)44-40-17-8-7-15-35(40)23-28-42(44)48-43/h1-30H. The number of hydrogen-bond acceptors (Lipinski definition) is 3. The summed E-state index contributed by atoms with van der Waals surface area (Å²) in [5.74, 6) is 0. The van der Waals surface area contributed by atoms with Crippen LogP contribution in [0.25, 0.3) is 64.5 Å². The molecular weight excluding hydrogens is 601 g/mol. The van der Waals surface area contributed by atoms with E-state index in [9.17, 15) is 0 Å². The normalized spacial score (nSPS) is 11.3. The van der Waals surface area contributed by atoms with Crippen molar-refractivity contribution in [2.75, 3.05) is 4.90 Å². The van der Waals surface area contributed by atoms with E-state index in [1.54, 1.807) is 0 Å². The van der Waals surface area contributed by atoms with Gasteiger partial charge in [0, 0.05) is 38.8 Å². The van der Waals surface area contributed by atoms with Crippen LogP contribution in [0.3, 0.4) is 0 Å². The Bertz CT molecular complexity index is 2540. The highest BCUT2D eigenvalue weighted by Crippen LogP contribution is 2.43. The lowest BCUT2D eigenvalue weighted by molar-refractivity contribution is 1.28. The second-order valence-electron chi connectivity index (χ2n) is 12.0. The van der Waals surface area contributed by atoms with Gasteiger partial charge in [0.05, 0.1) is 15.9 Å². The van der Waals surface area contributed by atoms with E-state index in [4.69, 9.17) is 4.98 Å². The molecule has 226 valence electrons. The molecule has 0 atom stereocenters. The fourth-order valence-corrected chi connectivity index (χ4v) is 7.88. The van der Waals surface area contributed by atoms with E-state index in [-0.39, 0.29) is 0 Å². The minimum atomic E-state index is 1.08. The number of anilines is 3. The van der Waals surface area contributed by atoms with Crippen molar-refractivity contribution in [3.05, 3.63) is 182 Å². The Kier molecular flexibility index (Phi) is 7.03. The molecule has 0 spiro atoms. The van der Waals surface area contributed by atoms with Crippen molar-refractivity contribution in [2.24, 2.45) is 0 Å². The predicted octanol–water partition coefficient (Wildman–Crippen LogP) is 13.1. The first kappa shape index (κ1) is 28.2. The highest BCUT2D eigenvalue weighted by molar-refractivity contribution is 7.26. The van der Waals surface area contributed by atoms with Crippen molar-refractivity contribution in [1.82, 2.24) is 4.98 Å². The molecule has 0 N–H and O–H groups in total. The molecule has 9 rings (SSSR count). The number of benzene rings is 7. The minimum absolute atomic E-state index is 1.08. The lowest BCUT2D eigenvalue weighted by Crippen LogP contribution is -2.11. The van der Waals surface area contributed by atoms with Gasteiger partial charge in [-0.2, -0.15) is 0 Å². The number of nitrogens with zero attached hydrogens (tertiary/aromatic N) is 2. The van der Waals surface area contributed by atoms with Crippen LogP contribution < -0.4 is 4.90 Å². The molecule has 0 saturated carbocycles. The fourth-order valence-electron chi connectivity index (χ4n) is 6.76. The number of para-hydroxylation sites is 1. The van der Waals surface area contributed by atoms with E-state index in [0.717, 1.165) is 33.7 Å². The maximum Gasteiger partial charge on any atom is 0.0895 e. The predicted molar refractivity (Wildman–Crippen MR) is 206 cm³/mol. The maximum absolute atomic E-state index is 5.03. The summed E-state index contributed by atoms with van der Waals surface area (Å²) in [5, 5.41) is 3.76. The van der Waals surface area contributed by atoms with E-state index in [2.05, 4.69) is 181 Å². The van der Waals surface area contributed by atoms with Crippen molar-refractivity contribution in [1.29, 1.82) is 0 Å². The van der Waals surface area contributed by atoms with Gasteiger partial charge in [0.15, 0.2) is 0 Å². The lowest BCUT2D eigenvalue weighted by Gasteiger charge is -2.28. The van der Waals surface area contributed by atoms with Gasteiger partial charge in [0.1, 0.15) is 0 Å². The van der Waals surface area contributed by atoms with Crippen LogP contribution in [0.15, 0.2) is 182 Å². The first-order valence-corrected chi connectivity index (χ1v) is 17.0. The van der Waals surface area contributed by atoms with Crippen LogP contribution >= 0.6 is 11.3 Å². The molecular formula is C45H30N2S. The molecule has 0 aliphatic carbocycles. The van der Waals surface area contributed by atoms with Crippen LogP contribution in [0.1, 0.15) is 0 Å². The molecule has 2 heterocycles. The summed E-state index contributed by atoms with van der Waals surface area (Å²) in [6.07, 6.45) is 2.02. The third-order valence-corrected chi connectivity index (χ3v) is 10.2. The molecule has 3 heteroatoms. The third-order valence-electron chi connectivity index (χ3n) is 9.12. The van der Waals surface area contributed by atoms with Crippen molar-refractivity contribution < 1.29 is 0 Å². The van der Waals surface area contributed by atoms with Crippen LogP contribution in [0, 0.1) is 0 Å². The summed E-state index contributed by atoms with van der Waals surface area (Å²) in [4.78, 5) is 7.39. The van der Waals surface area contributed by atoms with Crippen molar-refractivity contribution in [3.8, 4) is 33.4 Å². The van der Waals surface area contributed by atoms with E-state index >= 15 is 0 Å². The quantitative estimate of drug-likeness (QED) is 0.182. The number of rotatable bonds is 6. The van der Waals surface area contributed by atoms with Gasteiger partial charge in [-0.05, 0) is 75.5 Å². The summed E-state index contributed by atoms with van der Waals surface area (Å²) in [7, 11) is 0. The Balaban J connectivity index is 1.13. The van der Waals surface area contributed by atoms with E-state index in [1.165, 1.54) is 47.8 Å². The summed E-state index contributed by atoms with van der Waals surface area (Å²) in [6, 6.07) is 62.9. The highest BCUT2D eigenvalue weighted by Gasteiger charge is 2.18. The molecule has 0 aliphatic rings. The summed E-state index contributed by atoms with van der Waals surface area (Å²) < 4.78 is 2.48. The molecule has 0 radical (unpaired) electrons. The first-order chi connectivity index (χ1) is 23.8. The van der Waals surface area contributed by atoms with Gasteiger partial charge in [-0.25, -0.2) is 0 Å². The number of hydrogen-bond donors (Lipinski definition) is 0. The average Bonchev–Trinajstić information content (AvgIpc) is 3.55. The third kappa shape index (κ3) is 5.02. The Morgan fingerprint density at radius 3 is 1.75 bits per heavy atom. The average molecular weight is 631 g/mol. The molecule has 9 aromatic rings. The van der Waals surface area contributed by atoms with Crippen LogP contribution in [-0.2, 0) is 0 Å². The number of fused-ring (bicyclic) bond motifs is 5. The molecule has 48 heavy (non-hydrogen) atoms. The minimum Gasteiger partial charge on any atom is -0.310 e. The van der Waals surface area contributed by atoms with Gasteiger partial charge >= 0.3 is 0 Å². The van der Waals surface area contributed by atoms with Crippen LogP contribution in [0.2, 0.25) is 0 Å². The second-order valence-corrected chi connectivity index (χ2v) is 13.1. The zero-order chi connectivity index (χ0) is 31.9. The van der Waals surface area contributed by atoms with Gasteiger partial charge in [0.2, 0.25) is 0 Å². The summed E-state index contributed by atoms with van der Waals surface area (Å²) >= 11 is 1.82. The Morgan fingerprint density at radius 2 is 1.02 bits per heavy atom. The Morgan fingerprint density at radius 1 is 0.438 bits per heavy atom. The summed E-state index contributed by atoms with van der Waals surface area (Å²) in [5.41, 5.74) is 11.4. The number of pyridine rings is 1. The molecule has 0 unspecified atom stereocenters. The number of thiophene rings is 1. The van der Waals surface area contributed by atoms with Gasteiger partial charge in [-0.15, -0.1) is 11.3 Å². The Labute approximate surface area is 283 Å². The van der Waals surface area contributed by atoms with Gasteiger partial charge < -0.3 is 4.90 Å². The molecule has 0 aliphatic heterocycles. The fraction of sp³-hybridized carbons (Fsp3) is 0. The van der Waals surface area contributed by atoms with Crippen LogP contribution in [-0.4, -0.2) is 4.98 Å². The zero-order valence-electron chi connectivity index (χ0n) is 26.1. The smallest absolute Gasteiger partial charge is 0.0895 e. The molecule has 0 bridgehead atoms. The number of aromatic nitrogens is 1. The van der Waals surface area contributed by atoms with Gasteiger partial charge in [-0.3, -0.25) is 4.98 Å². The van der Waals surface area contributed by atoms with E-state index < -0.39 is 0 Å². The summed E-state index contributed by atoms with van der Waals surface area (Å²) in [6.45, 7) is 0. The lowest BCUT2D eigenvalue weighted by atomic mass is 10.0. The molecule has 0 amide bonds. The molecule has 0 fully saturated rings. The van der Waals surface area contributed by atoms with Crippen molar-refractivity contribution >= 4 is 59.5 Å². The molecule has 0 saturated heterocycles. The monoisotopic (exact) mass is 630 g/mol. The van der Waals surface area contributed by atoms with Crippen molar-refractivity contribution in [3.63, 3.8) is 0 Å². The maximum atomic E-state index is 5.03. The van der Waals surface area contributed by atoms with Crippen LogP contribution in [0.5, 0.6) is 0 Å². The van der Waals surface area contributed by atoms with Crippen molar-refractivity contribution in [2.45, 2.75) is 0 Å². The topological polar surface area (TPSA) is 16.1 Å². The van der Waals surface area contributed by atoms with Gasteiger partial charge in [-0.1, -0.05) is 133 Å². The SMILES string of the molecule is c1ccc(-c2ccc(N(c3ccc(-c4cnc5c(c4)sc4ccc6ccccc6c45)cc3)c3ccccc3-c3ccccc3)cc2)cc1. The largest absolute Gasteiger partial charge is 0.310 e. The molecule has 7 aromatic carbocycles. The Hall–Kier alpha value is -6.03. The first-order valence-electron chi connectivity index (χ1n) is 16.2. The van der Waals surface area contributed by atoms with Crippen LogP contribution in [0.4, 0.5) is 17.1 Å². The molecule has 2 aromatic heterocycles. The van der Waals surface area contributed by atoms with E-state index in [0.29, 0.717) is 0 Å². The highest BCUT2D eigenvalue weighted by atomic mass is 32.1. The van der Waals surface area contributed by atoms with Gasteiger partial charge in [0.25, 0.3) is 0 Å². The zero-order valence-corrected chi connectivity index (χ0v) is 26.9. The van der Waals surface area contributed by atoms with E-state index in [1.807, 2.05) is 17.5 Å². The molecule has 2 nitrogen and oxygen atoms in total. The second kappa shape index (κ2) is 12.0.